The molecule has 1 amide bonds. The first-order chi connectivity index (χ1) is 10.8. The van der Waals surface area contributed by atoms with Crippen LogP contribution in [-0.2, 0) is 11.3 Å². The second kappa shape index (κ2) is 7.42. The minimum atomic E-state index is 0.0473. The molecule has 1 fully saturated rings. The summed E-state index contributed by atoms with van der Waals surface area (Å²) in [5.41, 5.74) is 1.86. The number of anilines is 1. The van der Waals surface area contributed by atoms with E-state index < -0.39 is 0 Å². The maximum absolute atomic E-state index is 12.2. The predicted octanol–water partition coefficient (Wildman–Crippen LogP) is 1.36. The van der Waals surface area contributed by atoms with Crippen LogP contribution in [0.2, 0.25) is 0 Å². The zero-order chi connectivity index (χ0) is 15.2. The van der Waals surface area contributed by atoms with E-state index in [0.717, 1.165) is 29.3 Å². The Bertz CT molecular complexity index is 610. The van der Waals surface area contributed by atoms with Gasteiger partial charge in [-0.25, -0.2) is 9.67 Å². The number of nitrogens with zero attached hydrogens (tertiary/aromatic N) is 3. The van der Waals surface area contributed by atoms with Crippen LogP contribution >= 0.6 is 11.8 Å². The van der Waals surface area contributed by atoms with Crippen LogP contribution in [0, 0.1) is 0 Å². The highest BCUT2D eigenvalue weighted by Gasteiger charge is 2.17. The number of para-hydroxylation sites is 1. The van der Waals surface area contributed by atoms with Gasteiger partial charge in [-0.05, 0) is 11.6 Å². The average molecular weight is 317 g/mol. The van der Waals surface area contributed by atoms with E-state index in [1.165, 1.54) is 6.33 Å². The van der Waals surface area contributed by atoms with Gasteiger partial charge in [-0.15, -0.1) is 0 Å². The van der Waals surface area contributed by atoms with Gasteiger partial charge in [0.2, 0.25) is 5.91 Å². The summed E-state index contributed by atoms with van der Waals surface area (Å²) in [5, 5.41) is 10.5. The Labute approximate surface area is 133 Å². The molecular weight excluding hydrogens is 298 g/mol. The average Bonchev–Trinajstić information content (AvgIpc) is 3.03. The number of aromatic nitrogens is 3. The topological polar surface area (TPSA) is 71.8 Å². The molecule has 2 heterocycles. The summed E-state index contributed by atoms with van der Waals surface area (Å²) in [6, 6.07) is 8.07. The smallest absolute Gasteiger partial charge is 0.225 e. The summed E-state index contributed by atoms with van der Waals surface area (Å²) in [5.74, 6) is 2.17. The van der Waals surface area contributed by atoms with E-state index in [4.69, 9.17) is 0 Å². The maximum atomic E-state index is 12.2. The van der Waals surface area contributed by atoms with Crippen LogP contribution < -0.4 is 10.6 Å². The van der Waals surface area contributed by atoms with Gasteiger partial charge in [-0.3, -0.25) is 4.79 Å². The molecule has 22 heavy (non-hydrogen) atoms. The lowest BCUT2D eigenvalue weighted by Crippen LogP contribution is -2.40. The van der Waals surface area contributed by atoms with Gasteiger partial charge in [0.15, 0.2) is 0 Å². The lowest BCUT2D eigenvalue weighted by molar-refractivity contribution is -0.116. The van der Waals surface area contributed by atoms with Crippen molar-refractivity contribution in [2.24, 2.45) is 0 Å². The van der Waals surface area contributed by atoms with Crippen molar-refractivity contribution in [3.63, 3.8) is 0 Å². The number of rotatable bonds is 5. The molecule has 116 valence electrons. The molecule has 0 spiro atoms. The number of benzene rings is 1. The van der Waals surface area contributed by atoms with Crippen LogP contribution in [0.25, 0.3) is 0 Å². The van der Waals surface area contributed by atoms with E-state index in [1.54, 1.807) is 11.0 Å². The Kier molecular flexibility index (Phi) is 5.07. The molecular formula is C15H19N5OS. The lowest BCUT2D eigenvalue weighted by Gasteiger charge is -2.22. The molecule has 0 saturated carbocycles. The number of hydrogen-bond acceptors (Lipinski definition) is 5. The molecule has 1 atom stereocenters. The first kappa shape index (κ1) is 15.1. The molecule has 1 aromatic heterocycles. The summed E-state index contributed by atoms with van der Waals surface area (Å²) < 4.78 is 1.74. The Morgan fingerprint density at radius 2 is 2.36 bits per heavy atom. The van der Waals surface area contributed by atoms with Gasteiger partial charge in [0.1, 0.15) is 12.7 Å². The van der Waals surface area contributed by atoms with Crippen LogP contribution in [0.15, 0.2) is 36.9 Å². The zero-order valence-electron chi connectivity index (χ0n) is 12.2. The maximum Gasteiger partial charge on any atom is 0.225 e. The third-order valence-electron chi connectivity index (χ3n) is 3.52. The second-order valence-electron chi connectivity index (χ2n) is 5.23. The number of carbonyl (C=O) groups is 1. The van der Waals surface area contributed by atoms with E-state index in [0.29, 0.717) is 13.0 Å². The quantitative estimate of drug-likeness (QED) is 0.871. The number of carbonyl (C=O) groups excluding carboxylic acids is 1. The van der Waals surface area contributed by atoms with Crippen molar-refractivity contribution in [1.29, 1.82) is 0 Å². The fourth-order valence-electron chi connectivity index (χ4n) is 2.44. The van der Waals surface area contributed by atoms with E-state index in [2.05, 4.69) is 20.7 Å². The number of amides is 1. The molecule has 1 aliphatic rings. The minimum Gasteiger partial charge on any atom is -0.326 e. The van der Waals surface area contributed by atoms with Gasteiger partial charge in [0, 0.05) is 36.2 Å². The van der Waals surface area contributed by atoms with Crippen LogP contribution in [0.5, 0.6) is 0 Å². The number of nitrogens with one attached hydrogen (secondary N) is 2. The summed E-state index contributed by atoms with van der Waals surface area (Å²) >= 11 is 1.90. The first-order valence-corrected chi connectivity index (χ1v) is 8.48. The molecule has 0 aliphatic carbocycles. The molecule has 1 unspecified atom stereocenters. The Hall–Kier alpha value is -1.86. The molecule has 2 aromatic rings. The Morgan fingerprint density at radius 1 is 1.45 bits per heavy atom. The highest BCUT2D eigenvalue weighted by molar-refractivity contribution is 7.99. The third-order valence-corrected chi connectivity index (χ3v) is 4.65. The third kappa shape index (κ3) is 4.08. The molecule has 3 rings (SSSR count). The number of hydrogen-bond donors (Lipinski definition) is 2. The van der Waals surface area contributed by atoms with Gasteiger partial charge in [0.05, 0.1) is 6.54 Å². The summed E-state index contributed by atoms with van der Waals surface area (Å²) in [6.07, 6.45) is 3.68. The summed E-state index contributed by atoms with van der Waals surface area (Å²) in [6.45, 7) is 1.57. The standard InChI is InChI=1S/C15H19N5OS/c21-15(7-13-9-22-6-5-17-13)19-14-4-2-1-3-12(14)8-20-11-16-10-18-20/h1-4,10-11,13,17H,5-9H2,(H,19,21). The molecule has 0 bridgehead atoms. The molecule has 1 saturated heterocycles. The van der Waals surface area contributed by atoms with Gasteiger partial charge >= 0.3 is 0 Å². The van der Waals surface area contributed by atoms with Crippen LogP contribution in [0.4, 0.5) is 5.69 Å². The first-order valence-electron chi connectivity index (χ1n) is 7.32. The molecule has 1 aromatic carbocycles. The van der Waals surface area contributed by atoms with E-state index in [1.807, 2.05) is 36.0 Å². The van der Waals surface area contributed by atoms with Crippen molar-refractivity contribution in [2.45, 2.75) is 19.0 Å². The van der Waals surface area contributed by atoms with Crippen LogP contribution in [-0.4, -0.2) is 44.8 Å². The normalized spacial score (nSPS) is 18.1. The van der Waals surface area contributed by atoms with E-state index in [9.17, 15) is 4.79 Å². The highest BCUT2D eigenvalue weighted by Crippen LogP contribution is 2.17. The second-order valence-corrected chi connectivity index (χ2v) is 6.38. The van der Waals surface area contributed by atoms with Gasteiger partial charge in [-0.1, -0.05) is 18.2 Å². The monoisotopic (exact) mass is 317 g/mol. The zero-order valence-corrected chi connectivity index (χ0v) is 13.1. The van der Waals surface area contributed by atoms with E-state index in [-0.39, 0.29) is 11.9 Å². The summed E-state index contributed by atoms with van der Waals surface area (Å²) in [7, 11) is 0. The fourth-order valence-corrected chi connectivity index (χ4v) is 3.39. The van der Waals surface area contributed by atoms with Crippen molar-refractivity contribution in [3.8, 4) is 0 Å². The molecule has 6 nitrogen and oxygen atoms in total. The van der Waals surface area contributed by atoms with Crippen LogP contribution in [0.3, 0.4) is 0 Å². The van der Waals surface area contributed by atoms with Gasteiger partial charge in [0.25, 0.3) is 0 Å². The minimum absolute atomic E-state index is 0.0473. The van der Waals surface area contributed by atoms with Crippen molar-refractivity contribution < 1.29 is 4.79 Å². The van der Waals surface area contributed by atoms with Crippen molar-refractivity contribution in [2.75, 3.05) is 23.4 Å². The largest absolute Gasteiger partial charge is 0.326 e. The lowest BCUT2D eigenvalue weighted by atomic mass is 10.1. The van der Waals surface area contributed by atoms with E-state index >= 15 is 0 Å². The van der Waals surface area contributed by atoms with Gasteiger partial charge in [-0.2, -0.15) is 16.9 Å². The van der Waals surface area contributed by atoms with Gasteiger partial charge < -0.3 is 10.6 Å². The molecule has 0 radical (unpaired) electrons. The highest BCUT2D eigenvalue weighted by atomic mass is 32.2. The number of thioether (sulfide) groups is 1. The van der Waals surface area contributed by atoms with Crippen molar-refractivity contribution in [1.82, 2.24) is 20.1 Å². The van der Waals surface area contributed by atoms with Crippen molar-refractivity contribution >= 4 is 23.4 Å². The molecule has 1 aliphatic heterocycles. The fraction of sp³-hybridized carbons (Fsp3) is 0.400. The molecule has 7 heteroatoms. The SMILES string of the molecule is O=C(CC1CSCCN1)Nc1ccccc1Cn1cncn1. The Morgan fingerprint density at radius 3 is 3.14 bits per heavy atom. The Balaban J connectivity index is 1.62. The van der Waals surface area contributed by atoms with Crippen molar-refractivity contribution in [3.05, 3.63) is 42.5 Å². The predicted molar refractivity (Wildman–Crippen MR) is 87.9 cm³/mol. The molecule has 2 N–H and O–H groups in total. The van der Waals surface area contributed by atoms with Crippen LogP contribution in [0.1, 0.15) is 12.0 Å². The summed E-state index contributed by atoms with van der Waals surface area (Å²) in [4.78, 5) is 16.2.